The third-order valence-electron chi connectivity index (χ3n) is 8.79. The summed E-state index contributed by atoms with van der Waals surface area (Å²) >= 11 is 0. The molecule has 2 aliphatic rings. The average molecular weight is 604 g/mol. The Hall–Kier alpha value is -1.56. The highest BCUT2D eigenvalue weighted by molar-refractivity contribution is 7.90. The normalized spacial score (nSPS) is 27.8. The number of rotatable bonds is 7. The minimum absolute atomic E-state index is 0.0749. The zero-order valence-corrected chi connectivity index (χ0v) is 27.8. The van der Waals surface area contributed by atoms with Crippen molar-refractivity contribution in [2.24, 2.45) is 5.73 Å². The minimum atomic E-state index is -4.21. The molecule has 1 spiro atoms. The number of ether oxygens (including phenoxy) is 1. The van der Waals surface area contributed by atoms with Gasteiger partial charge in [-0.25, -0.2) is 13.5 Å². The van der Waals surface area contributed by atoms with Crippen molar-refractivity contribution in [1.82, 2.24) is 9.55 Å². The molecule has 0 saturated carbocycles. The van der Waals surface area contributed by atoms with Gasteiger partial charge < -0.3 is 24.3 Å². The third kappa shape index (κ3) is 5.65. The van der Waals surface area contributed by atoms with Gasteiger partial charge in [0.1, 0.15) is 12.2 Å². The Morgan fingerprint density at radius 1 is 1.08 bits per heavy atom. The van der Waals surface area contributed by atoms with Gasteiger partial charge in [0.05, 0.1) is 17.7 Å². The number of hydrogen-bond acceptors (Lipinski definition) is 9. The van der Waals surface area contributed by atoms with Crippen LogP contribution >= 0.6 is 0 Å². The molecule has 0 bridgehead atoms. The number of aromatic amines is 1. The van der Waals surface area contributed by atoms with Crippen molar-refractivity contribution in [3.8, 4) is 0 Å². The molecule has 2 aliphatic heterocycles. The molecular formula is C25H45N3O8SSi2. The number of aromatic nitrogens is 2. The monoisotopic (exact) mass is 603 g/mol. The second-order valence-corrected chi connectivity index (χ2v) is 24.4. The molecule has 3 rings (SSSR count). The molecule has 222 valence electrons. The molecule has 4 atom stereocenters. The highest BCUT2D eigenvalue weighted by Crippen LogP contribution is 2.51. The summed E-state index contributed by atoms with van der Waals surface area (Å²) in [4.78, 5) is 29.2. The van der Waals surface area contributed by atoms with Crippen LogP contribution in [0.15, 0.2) is 26.9 Å². The van der Waals surface area contributed by atoms with E-state index in [1.807, 2.05) is 33.9 Å². The van der Waals surface area contributed by atoms with E-state index < -0.39 is 62.0 Å². The standard InChI is InChI=1S/C25H45N3O8SSi2/c1-12-16-13-27-22(30)28(20(16)29)21-19(35-39(10,11)24(5,6)7)25(17(26)15-37(31,32)36-25)18(34-21)14-33-38(8,9)23(2,3)4/h13,15,18-19,21H,12,14,26H2,1-11H3,(H,27,30). The molecule has 3 N–H and O–H groups in total. The summed E-state index contributed by atoms with van der Waals surface area (Å²) < 4.78 is 52.1. The number of hydrogen-bond donors (Lipinski definition) is 2. The van der Waals surface area contributed by atoms with Gasteiger partial charge in [-0.3, -0.25) is 4.79 Å². The van der Waals surface area contributed by atoms with Crippen LogP contribution in [0.2, 0.25) is 36.3 Å². The molecule has 39 heavy (non-hydrogen) atoms. The molecule has 3 heterocycles. The molecule has 11 nitrogen and oxygen atoms in total. The van der Waals surface area contributed by atoms with Crippen molar-refractivity contribution >= 4 is 26.8 Å². The first-order chi connectivity index (χ1) is 17.5. The second kappa shape index (κ2) is 10.1. The topological polar surface area (TPSA) is 152 Å². The molecular weight excluding hydrogens is 559 g/mol. The molecule has 1 fully saturated rings. The van der Waals surface area contributed by atoms with Crippen LogP contribution in [-0.4, -0.2) is 59.0 Å². The maximum absolute atomic E-state index is 13.5. The predicted octanol–water partition coefficient (Wildman–Crippen LogP) is 3.31. The van der Waals surface area contributed by atoms with Crippen LogP contribution in [0.4, 0.5) is 0 Å². The molecule has 1 saturated heterocycles. The van der Waals surface area contributed by atoms with E-state index in [0.29, 0.717) is 12.0 Å². The average Bonchev–Trinajstić information content (AvgIpc) is 3.17. The maximum atomic E-state index is 13.5. The van der Waals surface area contributed by atoms with Gasteiger partial charge in [-0.2, -0.15) is 8.42 Å². The molecule has 1 aromatic rings. The Morgan fingerprint density at radius 2 is 1.64 bits per heavy atom. The fourth-order valence-corrected chi connectivity index (χ4v) is 7.72. The first-order valence-corrected chi connectivity index (χ1v) is 20.5. The summed E-state index contributed by atoms with van der Waals surface area (Å²) in [6, 6.07) is 0. The number of nitrogens with two attached hydrogens (primary N) is 1. The number of aryl methyl sites for hydroxylation is 1. The first-order valence-electron chi connectivity index (χ1n) is 13.2. The molecule has 0 radical (unpaired) electrons. The van der Waals surface area contributed by atoms with Crippen molar-refractivity contribution in [3.63, 3.8) is 0 Å². The summed E-state index contributed by atoms with van der Waals surface area (Å²) in [5, 5.41) is 0.394. The van der Waals surface area contributed by atoms with Crippen LogP contribution in [0.25, 0.3) is 0 Å². The summed E-state index contributed by atoms with van der Waals surface area (Å²) in [5.74, 6) is 0. The van der Waals surface area contributed by atoms with Crippen molar-refractivity contribution in [3.05, 3.63) is 43.7 Å². The van der Waals surface area contributed by atoms with Crippen molar-refractivity contribution < 1.29 is 26.2 Å². The summed E-state index contributed by atoms with van der Waals surface area (Å²) in [5.41, 5.74) is 3.59. The van der Waals surface area contributed by atoms with Crippen molar-refractivity contribution in [1.29, 1.82) is 0 Å². The van der Waals surface area contributed by atoms with E-state index in [-0.39, 0.29) is 22.4 Å². The van der Waals surface area contributed by atoms with E-state index >= 15 is 0 Å². The third-order valence-corrected chi connectivity index (χ3v) is 18.8. The van der Waals surface area contributed by atoms with Crippen LogP contribution < -0.4 is 17.0 Å². The van der Waals surface area contributed by atoms with Gasteiger partial charge in [0.15, 0.2) is 28.5 Å². The Bertz CT molecular complexity index is 1350. The number of nitrogens with one attached hydrogen (secondary N) is 1. The lowest BCUT2D eigenvalue weighted by molar-refractivity contribution is -0.0574. The zero-order valence-electron chi connectivity index (χ0n) is 25.0. The molecule has 1 aromatic heterocycles. The lowest BCUT2D eigenvalue weighted by Gasteiger charge is -2.43. The minimum Gasteiger partial charge on any atom is -0.414 e. The van der Waals surface area contributed by atoms with E-state index in [9.17, 15) is 18.0 Å². The zero-order chi connectivity index (χ0) is 30.0. The van der Waals surface area contributed by atoms with Crippen molar-refractivity contribution in [2.75, 3.05) is 6.61 Å². The fraction of sp³-hybridized carbons (Fsp3) is 0.760. The summed E-state index contributed by atoms with van der Waals surface area (Å²) in [6.07, 6.45) is -1.90. The van der Waals surface area contributed by atoms with E-state index in [1.54, 1.807) is 6.92 Å². The number of H-pyrrole nitrogens is 1. The van der Waals surface area contributed by atoms with Gasteiger partial charge in [0.2, 0.25) is 0 Å². The van der Waals surface area contributed by atoms with Gasteiger partial charge in [-0.1, -0.05) is 48.5 Å². The van der Waals surface area contributed by atoms with E-state index in [1.165, 1.54) is 6.20 Å². The van der Waals surface area contributed by atoms with Gasteiger partial charge >= 0.3 is 5.69 Å². The van der Waals surface area contributed by atoms with Crippen LogP contribution in [0.5, 0.6) is 0 Å². The second-order valence-electron chi connectivity index (χ2n) is 13.5. The Balaban J connectivity index is 2.28. The van der Waals surface area contributed by atoms with Gasteiger partial charge in [-0.05, 0) is 42.7 Å². The van der Waals surface area contributed by atoms with E-state index in [2.05, 4.69) is 38.8 Å². The highest BCUT2D eigenvalue weighted by atomic mass is 32.2. The van der Waals surface area contributed by atoms with Crippen LogP contribution in [-0.2, 0) is 34.3 Å². The van der Waals surface area contributed by atoms with Gasteiger partial charge in [-0.15, -0.1) is 0 Å². The lowest BCUT2D eigenvalue weighted by Crippen LogP contribution is -2.59. The summed E-state index contributed by atoms with van der Waals surface area (Å²) in [6.45, 7) is 22.1. The fourth-order valence-electron chi connectivity index (χ4n) is 4.21. The molecule has 4 unspecified atom stereocenters. The Labute approximate surface area is 233 Å². The van der Waals surface area contributed by atoms with Crippen LogP contribution in [0.3, 0.4) is 0 Å². The SMILES string of the molecule is CCc1c[nH]c(=O)n(C2OC(CO[Si](C)(C)C(C)(C)C)C3(OS(=O)(=O)C=C3N)C2O[Si](C)(C)C(C)(C)C)c1=O. The largest absolute Gasteiger partial charge is 0.414 e. The maximum Gasteiger partial charge on any atom is 0.330 e. The number of nitrogens with zero attached hydrogens (tertiary/aromatic N) is 1. The Kier molecular flexibility index (Phi) is 8.25. The van der Waals surface area contributed by atoms with Crippen LogP contribution in [0, 0.1) is 0 Å². The highest BCUT2D eigenvalue weighted by Gasteiger charge is 2.67. The van der Waals surface area contributed by atoms with E-state index in [4.69, 9.17) is 23.5 Å². The quantitative estimate of drug-likeness (QED) is 0.353. The molecule has 0 aliphatic carbocycles. The molecule has 0 amide bonds. The summed E-state index contributed by atoms with van der Waals surface area (Å²) in [7, 11) is -9.25. The molecule has 0 aromatic carbocycles. The van der Waals surface area contributed by atoms with E-state index in [0.717, 1.165) is 9.98 Å². The van der Waals surface area contributed by atoms with Crippen molar-refractivity contribution in [2.45, 2.75) is 115 Å². The van der Waals surface area contributed by atoms with Gasteiger partial charge in [0.25, 0.3) is 15.7 Å². The predicted molar refractivity (Wildman–Crippen MR) is 155 cm³/mol. The first kappa shape index (κ1) is 32.0. The van der Waals surface area contributed by atoms with Gasteiger partial charge in [0, 0.05) is 11.8 Å². The van der Waals surface area contributed by atoms with Crippen LogP contribution in [0.1, 0.15) is 60.3 Å². The smallest absolute Gasteiger partial charge is 0.330 e. The lowest BCUT2D eigenvalue weighted by atomic mass is 9.89. The Morgan fingerprint density at radius 3 is 2.10 bits per heavy atom. The molecule has 14 heteroatoms.